The Labute approximate surface area is 155 Å². The summed E-state index contributed by atoms with van der Waals surface area (Å²) in [6.45, 7) is 5.82. The van der Waals surface area contributed by atoms with E-state index in [-0.39, 0.29) is 16.7 Å². The first-order valence-electron chi connectivity index (χ1n) is 8.76. The molecule has 0 amide bonds. The van der Waals surface area contributed by atoms with Crippen LogP contribution in [0.3, 0.4) is 0 Å². The highest BCUT2D eigenvalue weighted by Crippen LogP contribution is 2.32. The second-order valence-electron chi connectivity index (χ2n) is 7.09. The molecule has 0 heterocycles. The van der Waals surface area contributed by atoms with Crippen LogP contribution in [-0.2, 0) is 10.0 Å². The number of benzene rings is 1. The molecular formula is C21H25NO3S. The van der Waals surface area contributed by atoms with Gasteiger partial charge >= 0.3 is 0 Å². The molecular weight excluding hydrogens is 346 g/mol. The predicted octanol–water partition coefficient (Wildman–Crippen LogP) is 3.27. The number of nitrogens with one attached hydrogen (secondary N) is 1. The molecule has 0 fully saturated rings. The Balaban J connectivity index is 1.92. The quantitative estimate of drug-likeness (QED) is 0.807. The maximum atomic E-state index is 12.9. The van der Waals surface area contributed by atoms with Crippen molar-refractivity contribution in [2.75, 3.05) is 0 Å². The summed E-state index contributed by atoms with van der Waals surface area (Å²) in [4.78, 5) is 0.207. The second kappa shape index (κ2) is 7.35. The van der Waals surface area contributed by atoms with Gasteiger partial charge in [0.25, 0.3) is 0 Å². The van der Waals surface area contributed by atoms with E-state index in [0.29, 0.717) is 0 Å². The van der Waals surface area contributed by atoms with E-state index < -0.39 is 22.2 Å². The van der Waals surface area contributed by atoms with Gasteiger partial charge in [-0.3, -0.25) is 0 Å². The van der Waals surface area contributed by atoms with Gasteiger partial charge in [0.2, 0.25) is 10.0 Å². The van der Waals surface area contributed by atoms with Crippen LogP contribution in [0, 0.1) is 18.8 Å². The standard InChI is InChI=1S/C21H25NO3S/c1-14-10-12-17(13-11-14)26(24,25)22-20(18-8-4-6-15(18)2)21(23)19-9-5-7-16(19)3/h4-13,18-23H,1-3H3/t18?,19?,20-,21+/m0/s1. The summed E-state index contributed by atoms with van der Waals surface area (Å²) in [7, 11) is -3.74. The minimum Gasteiger partial charge on any atom is -0.390 e. The first kappa shape index (κ1) is 18.8. The molecule has 0 spiro atoms. The smallest absolute Gasteiger partial charge is 0.240 e. The van der Waals surface area contributed by atoms with Gasteiger partial charge in [-0.25, -0.2) is 13.1 Å². The average Bonchev–Trinajstić information content (AvgIpc) is 3.21. The lowest BCUT2D eigenvalue weighted by Crippen LogP contribution is -2.50. The molecule has 2 unspecified atom stereocenters. The first-order chi connectivity index (χ1) is 12.3. The van der Waals surface area contributed by atoms with E-state index >= 15 is 0 Å². The van der Waals surface area contributed by atoms with Crippen LogP contribution >= 0.6 is 0 Å². The molecule has 3 rings (SSSR count). The van der Waals surface area contributed by atoms with E-state index in [1.807, 2.05) is 57.2 Å². The number of hydrogen-bond donors (Lipinski definition) is 2. The van der Waals surface area contributed by atoms with Crippen LogP contribution in [0.2, 0.25) is 0 Å². The Kier molecular flexibility index (Phi) is 5.32. The SMILES string of the molecule is CC1=CC=CC1[C@@H](O)[C@@H](NS(=O)(=O)c1ccc(C)cc1)C1C=CC=C1C. The molecule has 0 saturated heterocycles. The van der Waals surface area contributed by atoms with Gasteiger partial charge in [-0.1, -0.05) is 65.3 Å². The largest absolute Gasteiger partial charge is 0.390 e. The zero-order chi connectivity index (χ0) is 18.9. The Morgan fingerprint density at radius 2 is 1.46 bits per heavy atom. The molecule has 26 heavy (non-hydrogen) atoms. The second-order valence-corrected chi connectivity index (χ2v) is 8.81. The van der Waals surface area contributed by atoms with Gasteiger partial charge < -0.3 is 5.11 Å². The Hall–Kier alpha value is -1.95. The molecule has 2 aliphatic carbocycles. The minimum absolute atomic E-state index is 0.174. The van der Waals surface area contributed by atoms with Crippen LogP contribution in [0.25, 0.3) is 0 Å². The fourth-order valence-corrected chi connectivity index (χ4v) is 4.78. The van der Waals surface area contributed by atoms with Crippen molar-refractivity contribution < 1.29 is 13.5 Å². The third kappa shape index (κ3) is 3.75. The van der Waals surface area contributed by atoms with E-state index in [0.717, 1.165) is 16.7 Å². The number of aliphatic hydroxyl groups excluding tert-OH is 1. The zero-order valence-corrected chi connectivity index (χ0v) is 16.1. The lowest BCUT2D eigenvalue weighted by atomic mass is 9.84. The van der Waals surface area contributed by atoms with Crippen LogP contribution in [0.5, 0.6) is 0 Å². The maximum Gasteiger partial charge on any atom is 0.240 e. The van der Waals surface area contributed by atoms with Crippen LogP contribution in [0.1, 0.15) is 19.4 Å². The molecule has 5 heteroatoms. The highest BCUT2D eigenvalue weighted by atomic mass is 32.2. The van der Waals surface area contributed by atoms with E-state index in [1.165, 1.54) is 0 Å². The van der Waals surface area contributed by atoms with Crippen LogP contribution in [-0.4, -0.2) is 25.7 Å². The fraction of sp³-hybridized carbons (Fsp3) is 0.333. The Morgan fingerprint density at radius 1 is 0.923 bits per heavy atom. The van der Waals surface area contributed by atoms with Gasteiger partial charge in [0, 0.05) is 11.8 Å². The number of aryl methyl sites for hydroxylation is 1. The summed E-state index contributed by atoms with van der Waals surface area (Å²) >= 11 is 0. The molecule has 2 aliphatic rings. The summed E-state index contributed by atoms with van der Waals surface area (Å²) in [5.41, 5.74) is 3.06. The van der Waals surface area contributed by atoms with E-state index in [9.17, 15) is 13.5 Å². The third-order valence-corrected chi connectivity index (χ3v) is 6.63. The molecule has 1 aromatic carbocycles. The van der Waals surface area contributed by atoms with E-state index in [2.05, 4.69) is 4.72 Å². The molecule has 0 saturated carbocycles. The molecule has 1 aromatic rings. The Bertz CT molecular complexity index is 892. The summed E-state index contributed by atoms with van der Waals surface area (Å²) in [6.07, 6.45) is 10.7. The maximum absolute atomic E-state index is 12.9. The summed E-state index contributed by atoms with van der Waals surface area (Å²) in [5, 5.41) is 11.0. The van der Waals surface area contributed by atoms with Gasteiger partial charge in [0.1, 0.15) is 0 Å². The van der Waals surface area contributed by atoms with Crippen molar-refractivity contribution in [3.05, 3.63) is 77.4 Å². The number of rotatable bonds is 6. The van der Waals surface area contributed by atoms with Crippen molar-refractivity contribution in [3.8, 4) is 0 Å². The van der Waals surface area contributed by atoms with Gasteiger partial charge in [-0.05, 0) is 32.9 Å². The minimum atomic E-state index is -3.74. The average molecular weight is 372 g/mol. The van der Waals surface area contributed by atoms with Crippen LogP contribution in [0.4, 0.5) is 0 Å². The topological polar surface area (TPSA) is 66.4 Å². The molecule has 0 bridgehead atoms. The highest BCUT2D eigenvalue weighted by Gasteiger charge is 2.37. The number of allylic oxidation sites excluding steroid dienone is 4. The molecule has 0 radical (unpaired) electrons. The van der Waals surface area contributed by atoms with Gasteiger partial charge in [0.05, 0.1) is 17.0 Å². The Morgan fingerprint density at radius 3 is 1.96 bits per heavy atom. The molecule has 138 valence electrons. The number of hydrogen-bond acceptors (Lipinski definition) is 3. The van der Waals surface area contributed by atoms with Crippen LogP contribution in [0.15, 0.2) is 76.8 Å². The third-order valence-electron chi connectivity index (χ3n) is 5.15. The van der Waals surface area contributed by atoms with E-state index in [1.54, 1.807) is 24.3 Å². The van der Waals surface area contributed by atoms with Crippen LogP contribution < -0.4 is 4.72 Å². The normalized spacial score (nSPS) is 24.5. The molecule has 2 N–H and O–H groups in total. The van der Waals surface area contributed by atoms with Crippen molar-refractivity contribution in [1.29, 1.82) is 0 Å². The van der Waals surface area contributed by atoms with Crippen molar-refractivity contribution in [3.63, 3.8) is 0 Å². The lowest BCUT2D eigenvalue weighted by molar-refractivity contribution is 0.0988. The summed E-state index contributed by atoms with van der Waals surface area (Å²) < 4.78 is 28.6. The van der Waals surface area contributed by atoms with Gasteiger partial charge in [-0.2, -0.15) is 0 Å². The summed E-state index contributed by atoms with van der Waals surface area (Å²) in [5.74, 6) is -0.366. The first-order valence-corrected chi connectivity index (χ1v) is 10.2. The number of sulfonamides is 1. The highest BCUT2D eigenvalue weighted by molar-refractivity contribution is 7.89. The fourth-order valence-electron chi connectivity index (χ4n) is 3.51. The summed E-state index contributed by atoms with van der Waals surface area (Å²) in [6, 6.07) is 6.08. The zero-order valence-electron chi connectivity index (χ0n) is 15.3. The van der Waals surface area contributed by atoms with Crippen molar-refractivity contribution in [2.45, 2.75) is 37.8 Å². The van der Waals surface area contributed by atoms with Crippen molar-refractivity contribution >= 4 is 10.0 Å². The molecule has 0 aromatic heterocycles. The molecule has 4 nitrogen and oxygen atoms in total. The molecule has 0 aliphatic heterocycles. The van der Waals surface area contributed by atoms with Gasteiger partial charge in [0.15, 0.2) is 0 Å². The lowest BCUT2D eigenvalue weighted by Gasteiger charge is -2.32. The van der Waals surface area contributed by atoms with E-state index in [4.69, 9.17) is 0 Å². The van der Waals surface area contributed by atoms with Crippen molar-refractivity contribution in [1.82, 2.24) is 4.72 Å². The van der Waals surface area contributed by atoms with Gasteiger partial charge in [-0.15, -0.1) is 0 Å². The predicted molar refractivity (Wildman–Crippen MR) is 104 cm³/mol. The van der Waals surface area contributed by atoms with Crippen molar-refractivity contribution in [2.24, 2.45) is 11.8 Å². The number of aliphatic hydroxyl groups is 1. The molecule has 4 atom stereocenters. The monoisotopic (exact) mass is 371 g/mol.